The van der Waals surface area contributed by atoms with Crippen LogP contribution in [0.3, 0.4) is 0 Å². The van der Waals surface area contributed by atoms with Gasteiger partial charge in [-0.05, 0) is 30.2 Å². The fourth-order valence-corrected chi connectivity index (χ4v) is 2.71. The molecule has 2 N–H and O–H groups in total. The minimum atomic E-state index is -4.39. The molecule has 0 saturated carbocycles. The van der Waals surface area contributed by atoms with Gasteiger partial charge in [0.05, 0.1) is 14.2 Å². The number of ether oxygens (including phenoxy) is 3. The molecule has 0 heterocycles. The van der Waals surface area contributed by atoms with Crippen molar-refractivity contribution in [2.75, 3.05) is 34.4 Å². The van der Waals surface area contributed by atoms with Gasteiger partial charge < -0.3 is 24.8 Å². The van der Waals surface area contributed by atoms with Gasteiger partial charge in [0.2, 0.25) is 0 Å². The average Bonchev–Trinajstić information content (AvgIpc) is 2.74. The largest absolute Gasteiger partial charge is 0.493 e. The summed E-state index contributed by atoms with van der Waals surface area (Å²) in [6.07, 6.45) is -3.67. The smallest absolute Gasteiger partial charge is 0.422 e. The minimum Gasteiger partial charge on any atom is -0.493 e. The number of hydrogen-bond acceptors (Lipinski definition) is 4. The Morgan fingerprint density at radius 1 is 0.967 bits per heavy atom. The Hall–Kier alpha value is -3.10. The minimum absolute atomic E-state index is 0.183. The van der Waals surface area contributed by atoms with E-state index in [0.717, 1.165) is 5.56 Å². The summed E-state index contributed by atoms with van der Waals surface area (Å²) in [5.74, 6) is 2.04. The summed E-state index contributed by atoms with van der Waals surface area (Å²) in [6, 6.07) is 12.3. The summed E-state index contributed by atoms with van der Waals surface area (Å²) in [7, 11) is 4.79. The fraction of sp³-hybridized carbons (Fsp3) is 0.381. The molecule has 0 atom stereocenters. The lowest BCUT2D eigenvalue weighted by Gasteiger charge is -2.16. The predicted octanol–water partition coefficient (Wildman–Crippen LogP) is 3.55. The van der Waals surface area contributed by atoms with Gasteiger partial charge in [-0.15, -0.1) is 0 Å². The number of methoxy groups -OCH3 is 2. The Balaban J connectivity index is 1.87. The van der Waals surface area contributed by atoms with Crippen molar-refractivity contribution in [3.63, 3.8) is 0 Å². The number of benzene rings is 2. The Morgan fingerprint density at radius 2 is 1.70 bits per heavy atom. The Labute approximate surface area is 174 Å². The number of nitrogens with zero attached hydrogens (tertiary/aromatic N) is 1. The first kappa shape index (κ1) is 23.2. The van der Waals surface area contributed by atoms with Crippen LogP contribution >= 0.6 is 0 Å². The van der Waals surface area contributed by atoms with Gasteiger partial charge in [0, 0.05) is 25.7 Å². The van der Waals surface area contributed by atoms with Gasteiger partial charge in [-0.1, -0.05) is 24.3 Å². The molecule has 30 heavy (non-hydrogen) atoms. The van der Waals surface area contributed by atoms with Crippen LogP contribution in [0.5, 0.6) is 17.2 Å². The van der Waals surface area contributed by atoms with Gasteiger partial charge in [0.15, 0.2) is 24.1 Å². The van der Waals surface area contributed by atoms with Crippen LogP contribution in [-0.2, 0) is 13.0 Å². The van der Waals surface area contributed by atoms with E-state index in [9.17, 15) is 13.2 Å². The number of aliphatic imine (C=N–C) groups is 1. The highest BCUT2D eigenvalue weighted by Crippen LogP contribution is 2.27. The molecule has 0 aliphatic rings. The normalized spacial score (nSPS) is 11.7. The average molecular weight is 425 g/mol. The van der Waals surface area contributed by atoms with Gasteiger partial charge in [-0.3, -0.25) is 4.99 Å². The number of para-hydroxylation sites is 1. The molecule has 9 heteroatoms. The summed E-state index contributed by atoms with van der Waals surface area (Å²) >= 11 is 0. The van der Waals surface area contributed by atoms with E-state index in [1.807, 2.05) is 18.2 Å². The molecule has 0 radical (unpaired) electrons. The summed E-state index contributed by atoms with van der Waals surface area (Å²) in [5, 5.41) is 6.26. The highest BCUT2D eigenvalue weighted by molar-refractivity contribution is 5.79. The summed E-state index contributed by atoms with van der Waals surface area (Å²) < 4.78 is 52.7. The zero-order valence-electron chi connectivity index (χ0n) is 17.2. The highest BCUT2D eigenvalue weighted by Gasteiger charge is 2.28. The van der Waals surface area contributed by atoms with Crippen LogP contribution in [0.2, 0.25) is 0 Å². The van der Waals surface area contributed by atoms with Crippen LogP contribution in [0, 0.1) is 0 Å². The van der Waals surface area contributed by atoms with Crippen LogP contribution in [0.25, 0.3) is 0 Å². The molecule has 164 valence electrons. The van der Waals surface area contributed by atoms with E-state index in [0.29, 0.717) is 36.0 Å². The zero-order valence-corrected chi connectivity index (χ0v) is 17.2. The Bertz CT molecular complexity index is 842. The third-order valence-corrected chi connectivity index (χ3v) is 4.19. The van der Waals surface area contributed by atoms with Crippen molar-refractivity contribution in [2.24, 2.45) is 4.99 Å². The second-order valence-electron chi connectivity index (χ2n) is 6.30. The molecule has 0 aliphatic carbocycles. The first-order chi connectivity index (χ1) is 14.4. The molecule has 2 aromatic rings. The van der Waals surface area contributed by atoms with Crippen molar-refractivity contribution < 1.29 is 27.4 Å². The first-order valence-corrected chi connectivity index (χ1v) is 9.29. The lowest BCUT2D eigenvalue weighted by atomic mass is 10.1. The second-order valence-corrected chi connectivity index (χ2v) is 6.30. The van der Waals surface area contributed by atoms with Gasteiger partial charge in [-0.2, -0.15) is 13.2 Å². The molecule has 2 aromatic carbocycles. The van der Waals surface area contributed by atoms with Crippen LogP contribution in [0.1, 0.15) is 11.1 Å². The van der Waals surface area contributed by atoms with Crippen molar-refractivity contribution in [1.82, 2.24) is 10.6 Å². The molecule has 0 fully saturated rings. The number of guanidine groups is 1. The summed E-state index contributed by atoms with van der Waals surface area (Å²) in [4.78, 5) is 4.14. The van der Waals surface area contributed by atoms with Gasteiger partial charge in [-0.25, -0.2) is 0 Å². The Kier molecular flexibility index (Phi) is 8.64. The van der Waals surface area contributed by atoms with Crippen LogP contribution in [0.15, 0.2) is 47.5 Å². The van der Waals surface area contributed by atoms with E-state index < -0.39 is 12.8 Å². The van der Waals surface area contributed by atoms with Gasteiger partial charge >= 0.3 is 6.18 Å². The second kappa shape index (κ2) is 11.2. The van der Waals surface area contributed by atoms with Gasteiger partial charge in [0.25, 0.3) is 0 Å². The van der Waals surface area contributed by atoms with E-state index in [2.05, 4.69) is 15.6 Å². The van der Waals surface area contributed by atoms with Crippen molar-refractivity contribution in [3.05, 3.63) is 53.6 Å². The maximum Gasteiger partial charge on any atom is 0.422 e. The number of halogens is 3. The monoisotopic (exact) mass is 425 g/mol. The number of alkyl halides is 3. The molecular weight excluding hydrogens is 399 g/mol. The summed E-state index contributed by atoms with van der Waals surface area (Å²) in [5.41, 5.74) is 1.66. The quantitative estimate of drug-likeness (QED) is 0.475. The summed E-state index contributed by atoms with van der Waals surface area (Å²) in [6.45, 7) is -0.465. The molecule has 0 aliphatic heterocycles. The highest BCUT2D eigenvalue weighted by atomic mass is 19.4. The third-order valence-electron chi connectivity index (χ3n) is 4.19. The third kappa shape index (κ3) is 7.38. The Morgan fingerprint density at radius 3 is 2.37 bits per heavy atom. The maximum atomic E-state index is 12.4. The lowest BCUT2D eigenvalue weighted by Crippen LogP contribution is -2.38. The fourth-order valence-electron chi connectivity index (χ4n) is 2.71. The molecule has 0 spiro atoms. The zero-order chi connectivity index (χ0) is 22.0. The first-order valence-electron chi connectivity index (χ1n) is 9.29. The van der Waals surface area contributed by atoms with E-state index >= 15 is 0 Å². The predicted molar refractivity (Wildman–Crippen MR) is 109 cm³/mol. The molecule has 0 aromatic heterocycles. The van der Waals surface area contributed by atoms with Gasteiger partial charge in [0.1, 0.15) is 5.75 Å². The topological polar surface area (TPSA) is 64.1 Å². The number of hydrogen-bond donors (Lipinski definition) is 2. The van der Waals surface area contributed by atoms with E-state index in [-0.39, 0.29) is 12.3 Å². The van der Waals surface area contributed by atoms with Crippen molar-refractivity contribution in [1.29, 1.82) is 0 Å². The van der Waals surface area contributed by atoms with Crippen LogP contribution in [0.4, 0.5) is 13.2 Å². The molecule has 0 saturated heterocycles. The van der Waals surface area contributed by atoms with E-state index in [1.165, 1.54) is 6.07 Å². The molecule has 0 unspecified atom stereocenters. The molecule has 0 amide bonds. The lowest BCUT2D eigenvalue weighted by molar-refractivity contribution is -0.153. The van der Waals surface area contributed by atoms with Crippen LogP contribution < -0.4 is 24.8 Å². The van der Waals surface area contributed by atoms with E-state index in [1.54, 1.807) is 39.5 Å². The van der Waals surface area contributed by atoms with Crippen LogP contribution in [-0.4, -0.2) is 46.6 Å². The van der Waals surface area contributed by atoms with Crippen molar-refractivity contribution >= 4 is 5.96 Å². The van der Waals surface area contributed by atoms with E-state index in [4.69, 9.17) is 14.2 Å². The van der Waals surface area contributed by atoms with Crippen molar-refractivity contribution in [3.8, 4) is 17.2 Å². The standard InChI is InChI=1S/C21H26F3N3O3/c1-25-20(26-11-10-15-8-9-18(28-2)19(12-15)29-3)27-13-16-6-4-5-7-17(16)30-14-21(22,23)24/h4-9,12H,10-11,13-14H2,1-3H3,(H2,25,26,27). The number of rotatable bonds is 9. The number of nitrogens with one attached hydrogen (secondary N) is 2. The molecule has 6 nitrogen and oxygen atoms in total. The maximum absolute atomic E-state index is 12.4. The molecule has 0 bridgehead atoms. The molecular formula is C21H26F3N3O3. The molecule has 2 rings (SSSR count). The SMILES string of the molecule is CN=C(NCCc1ccc(OC)c(OC)c1)NCc1ccccc1OCC(F)(F)F. The van der Waals surface area contributed by atoms with Crippen molar-refractivity contribution in [2.45, 2.75) is 19.1 Å².